The van der Waals surface area contributed by atoms with Crippen LogP contribution in [0.1, 0.15) is 6.42 Å². The molecule has 56 valence electrons. The number of aliphatic carboxylic acids is 1. The summed E-state index contributed by atoms with van der Waals surface area (Å²) in [4.78, 5) is 29.6. The molecule has 0 saturated carbocycles. The van der Waals surface area contributed by atoms with Gasteiger partial charge in [0, 0.05) is 6.54 Å². The van der Waals surface area contributed by atoms with Crippen LogP contribution in [-0.4, -0.2) is 29.8 Å². The normalized spacial score (nSPS) is 8.40. The fraction of sp³-hybridized carbons (Fsp3) is 0.400. The molecule has 10 heavy (non-hydrogen) atoms. The Morgan fingerprint density at radius 2 is 2.10 bits per heavy atom. The zero-order valence-electron chi connectivity index (χ0n) is 5.16. The summed E-state index contributed by atoms with van der Waals surface area (Å²) < 4.78 is 0. The van der Waals surface area contributed by atoms with Gasteiger partial charge in [0.05, 0.1) is 6.42 Å². The smallest absolute Gasteiger partial charge is 0.305 e. The van der Waals surface area contributed by atoms with Crippen LogP contribution in [-0.2, 0) is 14.4 Å². The maximum absolute atomic E-state index is 10.1. The lowest BCUT2D eigenvalue weighted by atomic mass is 10.4. The first-order valence-corrected chi connectivity index (χ1v) is 2.61. The summed E-state index contributed by atoms with van der Waals surface area (Å²) in [6, 6.07) is 0. The van der Waals surface area contributed by atoms with Crippen LogP contribution in [0.15, 0.2) is 0 Å². The maximum atomic E-state index is 10.1. The average Bonchev–Trinajstić information content (AvgIpc) is 1.87. The Balaban J connectivity index is 3.28. The number of rotatable bonds is 4. The number of nitrogens with one attached hydrogen (secondary N) is 1. The largest absolute Gasteiger partial charge is 0.481 e. The highest BCUT2D eigenvalue weighted by molar-refractivity contribution is 6.23. The molecule has 5 heteroatoms. The Morgan fingerprint density at radius 1 is 1.50 bits per heavy atom. The lowest BCUT2D eigenvalue weighted by Gasteiger charge is -1.94. The third kappa shape index (κ3) is 4.76. The van der Waals surface area contributed by atoms with Gasteiger partial charge < -0.3 is 10.4 Å². The van der Waals surface area contributed by atoms with Crippen molar-refractivity contribution in [3.63, 3.8) is 0 Å². The van der Waals surface area contributed by atoms with Gasteiger partial charge in [-0.2, -0.15) is 0 Å². The van der Waals surface area contributed by atoms with Gasteiger partial charge in [0.15, 0.2) is 0 Å². The molecule has 0 aliphatic carbocycles. The third-order valence-corrected chi connectivity index (χ3v) is 0.745. The van der Waals surface area contributed by atoms with Gasteiger partial charge in [-0.1, -0.05) is 0 Å². The highest BCUT2D eigenvalue weighted by Gasteiger charge is 1.98. The van der Waals surface area contributed by atoms with Crippen molar-refractivity contribution in [1.82, 2.24) is 5.32 Å². The van der Waals surface area contributed by atoms with Crippen molar-refractivity contribution in [2.45, 2.75) is 6.42 Å². The van der Waals surface area contributed by atoms with Crippen molar-refractivity contribution < 1.29 is 19.5 Å². The second kappa shape index (κ2) is 4.49. The molecule has 0 atom stereocenters. The van der Waals surface area contributed by atoms with Crippen molar-refractivity contribution in [3.05, 3.63) is 0 Å². The number of hydrogen-bond donors (Lipinski definition) is 2. The van der Waals surface area contributed by atoms with Crippen LogP contribution in [0, 0.1) is 0 Å². The molecule has 0 radical (unpaired) electrons. The molecule has 0 aromatic carbocycles. The van der Waals surface area contributed by atoms with Crippen LogP contribution in [0.4, 0.5) is 0 Å². The van der Waals surface area contributed by atoms with Crippen molar-refractivity contribution in [2.75, 3.05) is 6.54 Å². The lowest BCUT2D eigenvalue weighted by Crippen LogP contribution is -2.26. The lowest BCUT2D eigenvalue weighted by molar-refractivity contribution is -0.137. The van der Waals surface area contributed by atoms with E-state index >= 15 is 0 Å². The molecular weight excluding hydrogens is 138 g/mol. The monoisotopic (exact) mass is 145 g/mol. The molecule has 0 bridgehead atoms. The van der Waals surface area contributed by atoms with E-state index in [1.165, 1.54) is 0 Å². The van der Waals surface area contributed by atoms with Gasteiger partial charge in [0.25, 0.3) is 5.91 Å². The van der Waals surface area contributed by atoms with E-state index in [1.807, 2.05) is 0 Å². The average molecular weight is 145 g/mol. The Morgan fingerprint density at radius 3 is 2.50 bits per heavy atom. The molecule has 0 fully saturated rings. The number of carboxylic acids is 1. The highest BCUT2D eigenvalue weighted by atomic mass is 16.4. The summed E-state index contributed by atoms with van der Waals surface area (Å²) in [5.41, 5.74) is 0. The number of aldehydes is 1. The van der Waals surface area contributed by atoms with Crippen LogP contribution in [0.2, 0.25) is 0 Å². The van der Waals surface area contributed by atoms with Gasteiger partial charge in [-0.15, -0.1) is 0 Å². The van der Waals surface area contributed by atoms with Gasteiger partial charge in [-0.3, -0.25) is 14.4 Å². The standard InChI is InChI=1S/C5H7NO4/c7-3-4(8)6-2-1-5(9)10/h3H,1-2H2,(H,6,8)(H,9,10). The van der Waals surface area contributed by atoms with Crippen molar-refractivity contribution in [2.24, 2.45) is 0 Å². The van der Waals surface area contributed by atoms with Gasteiger partial charge in [0.1, 0.15) is 0 Å². The Bertz CT molecular complexity index is 154. The Labute approximate surface area is 57.0 Å². The van der Waals surface area contributed by atoms with Crippen LogP contribution in [0.5, 0.6) is 0 Å². The molecule has 0 aromatic rings. The minimum absolute atomic E-state index is 0.00704. The third-order valence-electron chi connectivity index (χ3n) is 0.745. The molecule has 0 aliphatic heterocycles. The molecular formula is C5H7NO4. The molecule has 0 heterocycles. The first-order valence-electron chi connectivity index (χ1n) is 2.61. The van der Waals surface area contributed by atoms with E-state index in [-0.39, 0.29) is 19.3 Å². The zero-order valence-corrected chi connectivity index (χ0v) is 5.16. The second-order valence-electron chi connectivity index (χ2n) is 1.55. The highest BCUT2D eigenvalue weighted by Crippen LogP contribution is 1.73. The van der Waals surface area contributed by atoms with Crippen molar-refractivity contribution >= 4 is 18.2 Å². The fourth-order valence-electron chi connectivity index (χ4n) is 0.334. The SMILES string of the molecule is O=CC(=O)NCCC(=O)O. The van der Waals surface area contributed by atoms with E-state index < -0.39 is 11.9 Å². The minimum Gasteiger partial charge on any atom is -0.481 e. The molecule has 0 aliphatic rings. The Kier molecular flexibility index (Phi) is 3.86. The maximum Gasteiger partial charge on any atom is 0.305 e. The van der Waals surface area contributed by atoms with Crippen LogP contribution in [0.3, 0.4) is 0 Å². The second-order valence-corrected chi connectivity index (χ2v) is 1.55. The van der Waals surface area contributed by atoms with E-state index in [4.69, 9.17) is 5.11 Å². The number of amides is 1. The molecule has 0 spiro atoms. The van der Waals surface area contributed by atoms with Gasteiger partial charge in [-0.25, -0.2) is 0 Å². The van der Waals surface area contributed by atoms with E-state index in [2.05, 4.69) is 5.32 Å². The molecule has 0 rings (SSSR count). The molecule has 0 aromatic heterocycles. The topological polar surface area (TPSA) is 83.5 Å². The molecule has 0 unspecified atom stereocenters. The summed E-state index contributed by atoms with van der Waals surface area (Å²) in [6.07, 6.45) is -0.0680. The number of carboxylic acid groups (broad SMARTS) is 1. The predicted octanol–water partition coefficient (Wildman–Crippen LogP) is -1.22. The zero-order chi connectivity index (χ0) is 7.98. The van der Waals surface area contributed by atoms with Crippen molar-refractivity contribution in [1.29, 1.82) is 0 Å². The number of carbonyl (C=O) groups excluding carboxylic acids is 2. The fourth-order valence-corrected chi connectivity index (χ4v) is 0.334. The minimum atomic E-state index is -1.01. The molecule has 2 N–H and O–H groups in total. The Hall–Kier alpha value is -1.39. The molecule has 0 saturated heterocycles. The quantitative estimate of drug-likeness (QED) is 0.383. The summed E-state index contributed by atoms with van der Waals surface area (Å²) in [5.74, 6) is -1.80. The van der Waals surface area contributed by atoms with Crippen LogP contribution >= 0.6 is 0 Å². The summed E-state index contributed by atoms with van der Waals surface area (Å²) in [5, 5.41) is 10.1. The van der Waals surface area contributed by atoms with E-state index in [0.29, 0.717) is 0 Å². The summed E-state index contributed by atoms with van der Waals surface area (Å²) in [7, 11) is 0. The van der Waals surface area contributed by atoms with Gasteiger partial charge in [0.2, 0.25) is 6.29 Å². The van der Waals surface area contributed by atoms with E-state index in [9.17, 15) is 14.4 Å². The van der Waals surface area contributed by atoms with E-state index in [0.717, 1.165) is 0 Å². The number of hydrogen-bond acceptors (Lipinski definition) is 3. The summed E-state index contributed by atoms with van der Waals surface area (Å²) >= 11 is 0. The van der Waals surface area contributed by atoms with Gasteiger partial charge >= 0.3 is 5.97 Å². The first kappa shape index (κ1) is 8.61. The predicted molar refractivity (Wildman–Crippen MR) is 31.3 cm³/mol. The summed E-state index contributed by atoms with van der Waals surface area (Å²) in [6.45, 7) is -0.00704. The van der Waals surface area contributed by atoms with Crippen molar-refractivity contribution in [3.8, 4) is 0 Å². The van der Waals surface area contributed by atoms with E-state index in [1.54, 1.807) is 0 Å². The molecule has 5 nitrogen and oxygen atoms in total. The van der Waals surface area contributed by atoms with Crippen LogP contribution in [0.25, 0.3) is 0 Å². The number of carbonyl (C=O) groups is 3. The first-order chi connectivity index (χ1) is 4.66. The van der Waals surface area contributed by atoms with Crippen LogP contribution < -0.4 is 5.32 Å². The molecule has 1 amide bonds. The van der Waals surface area contributed by atoms with Gasteiger partial charge in [-0.05, 0) is 0 Å².